The molecule has 0 bridgehead atoms. The first kappa shape index (κ1) is 41.9. The van der Waals surface area contributed by atoms with Crippen molar-refractivity contribution in [2.45, 2.75) is 64.0 Å². The van der Waals surface area contributed by atoms with E-state index in [1.165, 1.54) is 16.2 Å². The second-order valence-corrected chi connectivity index (χ2v) is 23.1. The van der Waals surface area contributed by atoms with Crippen LogP contribution in [0, 0.1) is 17.8 Å². The first-order valence-corrected chi connectivity index (χ1v) is 24.3. The summed E-state index contributed by atoms with van der Waals surface area (Å²) in [5, 5.41) is 27.9. The summed E-state index contributed by atoms with van der Waals surface area (Å²) in [6.45, 7) is 7.26. The molecule has 2 aromatic heterocycles. The number of rotatable bonds is 12. The molecule has 6 aromatic rings. The van der Waals surface area contributed by atoms with Crippen LogP contribution in [0.25, 0.3) is 22.4 Å². The number of nitrogens with zero attached hydrogens (tertiary/aromatic N) is 2. The topological polar surface area (TPSA) is 109 Å². The number of carbonyl (C=O) groups is 2. The predicted molar refractivity (Wildman–Crippen MR) is 250 cm³/mol. The molecule has 3 aliphatic rings. The standard InChI is InChI=1S/C51H51BN2O6SSi/c1-51(2,3)62(38-16-6-4-7-17-38,39-18-8-5-9-19-39)59-33-36-30-42-48(50(57)54(49(42)56)32-37-15-14-28-61-37)43-31-52(58)60-46(47(36)43)26-24-35(44-22-12-13-27-53-44)29-34-23-25-45(55)41-21-11-10-20-40(34)41/h4-23,25,27-29,42-43,46,48,55,58H,24,26,30-33H2,1-3H3/b35-29-/t42-,43+,46-,48-/m1/s1. The molecule has 4 atom stereocenters. The van der Waals surface area contributed by atoms with Crippen molar-refractivity contribution in [3.05, 3.63) is 166 Å². The largest absolute Gasteiger partial charge is 0.507 e. The van der Waals surface area contributed by atoms with Gasteiger partial charge in [-0.3, -0.25) is 19.5 Å². The summed E-state index contributed by atoms with van der Waals surface area (Å²) in [6.07, 6.45) is 4.96. The Morgan fingerprint density at radius 1 is 0.871 bits per heavy atom. The molecule has 2 fully saturated rings. The number of benzene rings is 4. The van der Waals surface area contributed by atoms with E-state index in [0.29, 0.717) is 19.3 Å². The molecular formula is C51H51BN2O6SSi. The molecule has 2 saturated heterocycles. The zero-order valence-corrected chi connectivity index (χ0v) is 37.1. The van der Waals surface area contributed by atoms with Gasteiger partial charge >= 0.3 is 7.12 Å². The van der Waals surface area contributed by atoms with Gasteiger partial charge in [-0.25, -0.2) is 0 Å². The van der Waals surface area contributed by atoms with E-state index in [2.05, 4.69) is 75.4 Å². The number of imide groups is 1. The van der Waals surface area contributed by atoms with Gasteiger partial charge in [0.15, 0.2) is 0 Å². The van der Waals surface area contributed by atoms with Gasteiger partial charge in [-0.05, 0) is 110 Å². The van der Waals surface area contributed by atoms with Gasteiger partial charge < -0.3 is 19.2 Å². The highest BCUT2D eigenvalue weighted by atomic mass is 32.1. The maximum atomic E-state index is 14.6. The van der Waals surface area contributed by atoms with Gasteiger partial charge in [-0.2, -0.15) is 0 Å². The van der Waals surface area contributed by atoms with Crippen molar-refractivity contribution in [3.63, 3.8) is 0 Å². The first-order chi connectivity index (χ1) is 30.0. The van der Waals surface area contributed by atoms with Gasteiger partial charge in [0, 0.05) is 16.5 Å². The van der Waals surface area contributed by atoms with Crippen LogP contribution >= 0.6 is 11.3 Å². The van der Waals surface area contributed by atoms with Gasteiger partial charge in [0.05, 0.1) is 36.8 Å². The average Bonchev–Trinajstić information content (AvgIpc) is 3.89. The Labute approximate surface area is 368 Å². The minimum absolute atomic E-state index is 0.158. The van der Waals surface area contributed by atoms with Crippen LogP contribution in [0.15, 0.2) is 150 Å². The molecule has 2 aliphatic heterocycles. The maximum absolute atomic E-state index is 14.6. The number of carbonyl (C=O) groups excluding carboxylic acids is 2. The Morgan fingerprint density at radius 3 is 2.23 bits per heavy atom. The third-order valence-electron chi connectivity index (χ3n) is 13.1. The molecule has 0 spiro atoms. The number of fused-ring (bicyclic) bond motifs is 4. The van der Waals surface area contributed by atoms with Crippen LogP contribution in [-0.2, 0) is 25.2 Å². The van der Waals surface area contributed by atoms with Gasteiger partial charge in [0.2, 0.25) is 11.8 Å². The van der Waals surface area contributed by atoms with Crippen LogP contribution in [0.3, 0.4) is 0 Å². The van der Waals surface area contributed by atoms with E-state index in [-0.39, 0.29) is 42.1 Å². The van der Waals surface area contributed by atoms with Crippen LogP contribution in [0.4, 0.5) is 0 Å². The minimum atomic E-state index is -3.02. The van der Waals surface area contributed by atoms with E-state index in [0.717, 1.165) is 54.0 Å². The van der Waals surface area contributed by atoms with Crippen LogP contribution in [0.1, 0.15) is 56.2 Å². The van der Waals surface area contributed by atoms with Crippen molar-refractivity contribution in [1.29, 1.82) is 0 Å². The molecule has 0 unspecified atom stereocenters. The van der Waals surface area contributed by atoms with Crippen molar-refractivity contribution in [2.24, 2.45) is 17.8 Å². The highest BCUT2D eigenvalue weighted by molar-refractivity contribution is 7.09. The Bertz CT molecular complexity index is 2590. The number of pyridine rings is 1. The van der Waals surface area contributed by atoms with E-state index in [9.17, 15) is 19.7 Å². The van der Waals surface area contributed by atoms with Gasteiger partial charge in [0.25, 0.3) is 8.32 Å². The molecular weight excluding hydrogens is 808 g/mol. The first-order valence-electron chi connectivity index (χ1n) is 21.5. The lowest BCUT2D eigenvalue weighted by atomic mass is 9.58. The maximum Gasteiger partial charge on any atom is 0.455 e. The van der Waals surface area contributed by atoms with E-state index < -0.39 is 39.3 Å². The second kappa shape index (κ2) is 17.4. The van der Waals surface area contributed by atoms with Crippen LogP contribution in [-0.4, -0.2) is 60.0 Å². The van der Waals surface area contributed by atoms with E-state index in [1.54, 1.807) is 12.3 Å². The number of allylic oxidation sites excluding steroid dienone is 1. The monoisotopic (exact) mass is 858 g/mol. The van der Waals surface area contributed by atoms with Crippen LogP contribution in [0.5, 0.6) is 5.75 Å². The number of aromatic nitrogens is 1. The number of thiophene rings is 1. The molecule has 4 heterocycles. The summed E-state index contributed by atoms with van der Waals surface area (Å²) >= 11 is 1.53. The summed E-state index contributed by atoms with van der Waals surface area (Å²) in [6, 6.07) is 42.3. The summed E-state index contributed by atoms with van der Waals surface area (Å²) < 4.78 is 14.2. The molecule has 1 aliphatic carbocycles. The van der Waals surface area contributed by atoms with Crippen molar-refractivity contribution in [1.82, 2.24) is 9.88 Å². The number of aromatic hydroxyl groups is 1. The van der Waals surface area contributed by atoms with Crippen LogP contribution in [0.2, 0.25) is 11.4 Å². The number of phenols is 1. The van der Waals surface area contributed by atoms with Gasteiger partial charge in [-0.1, -0.05) is 124 Å². The summed E-state index contributed by atoms with van der Waals surface area (Å²) in [5.74, 6) is -1.69. The smallest absolute Gasteiger partial charge is 0.455 e. The molecule has 2 N–H and O–H groups in total. The second-order valence-electron chi connectivity index (χ2n) is 17.8. The third kappa shape index (κ3) is 7.81. The summed E-state index contributed by atoms with van der Waals surface area (Å²) in [7, 11) is -4.14. The Balaban J connectivity index is 1.14. The fourth-order valence-electron chi connectivity index (χ4n) is 10.4. The lowest BCUT2D eigenvalue weighted by Crippen LogP contribution is -2.66. The number of likely N-dealkylation sites (tertiary alicyclic amines) is 1. The van der Waals surface area contributed by atoms with Crippen molar-refractivity contribution in [2.75, 3.05) is 6.61 Å². The Morgan fingerprint density at radius 2 is 1.56 bits per heavy atom. The highest BCUT2D eigenvalue weighted by Crippen LogP contribution is 2.52. The van der Waals surface area contributed by atoms with Crippen molar-refractivity contribution >= 4 is 71.4 Å². The normalized spacial score (nSPS) is 20.8. The Kier molecular flexibility index (Phi) is 11.7. The molecule has 314 valence electrons. The quantitative estimate of drug-likeness (QED) is 0.0719. The van der Waals surface area contributed by atoms with E-state index in [1.807, 2.05) is 78.2 Å². The number of hydrogen-bond acceptors (Lipinski definition) is 8. The lowest BCUT2D eigenvalue weighted by Gasteiger charge is -2.46. The van der Waals surface area contributed by atoms with Gasteiger partial charge in [0.1, 0.15) is 5.75 Å². The summed E-state index contributed by atoms with van der Waals surface area (Å²) in [5.41, 5.74) is 4.68. The van der Waals surface area contributed by atoms with Crippen molar-refractivity contribution in [3.8, 4) is 5.75 Å². The Hall–Kier alpha value is -5.43. The van der Waals surface area contributed by atoms with E-state index in [4.69, 9.17) is 14.1 Å². The molecule has 8 nitrogen and oxygen atoms in total. The molecule has 62 heavy (non-hydrogen) atoms. The fourth-order valence-corrected chi connectivity index (χ4v) is 15.6. The molecule has 9 rings (SSSR count). The number of phenolic OH excluding ortho intramolecular Hbond substituents is 1. The average molecular weight is 859 g/mol. The van der Waals surface area contributed by atoms with Gasteiger partial charge in [-0.15, -0.1) is 11.3 Å². The summed E-state index contributed by atoms with van der Waals surface area (Å²) in [4.78, 5) is 36.2. The highest BCUT2D eigenvalue weighted by Gasteiger charge is 2.58. The molecule has 4 aromatic carbocycles. The third-order valence-corrected chi connectivity index (χ3v) is 19.0. The predicted octanol–water partition coefficient (Wildman–Crippen LogP) is 8.90. The molecule has 2 amide bonds. The lowest BCUT2D eigenvalue weighted by molar-refractivity contribution is -0.140. The zero-order valence-electron chi connectivity index (χ0n) is 35.3. The zero-order chi connectivity index (χ0) is 43.0. The number of hydrogen-bond donors (Lipinski definition) is 2. The van der Waals surface area contributed by atoms with Crippen molar-refractivity contribution < 1.29 is 28.8 Å². The van der Waals surface area contributed by atoms with Crippen LogP contribution < -0.4 is 10.4 Å². The molecule has 0 saturated carbocycles. The molecule has 11 heteroatoms. The number of amides is 2. The fraction of sp³-hybridized carbons (Fsp3) is 0.275. The van der Waals surface area contributed by atoms with E-state index >= 15 is 0 Å². The molecule has 0 radical (unpaired) electrons. The SMILES string of the molecule is CC(C)(C)[Si](OCC1=C2[C@@H](CC/C(=C/c3ccc(O)c4ccccc34)c3ccccn3)OB(O)C[C@@H]2[C@@H]2C(=O)N(Cc3cccs3)C(=O)[C@@H]2C1)(c1ccccc1)c1ccccc1. The minimum Gasteiger partial charge on any atom is -0.507 e.